The van der Waals surface area contributed by atoms with E-state index in [2.05, 4.69) is 145 Å². The maximum atomic E-state index is 6.61. The second-order valence-electron chi connectivity index (χ2n) is 15.2. The third-order valence-electron chi connectivity index (χ3n) is 11.6. The molecule has 0 radical (unpaired) electrons. The van der Waals surface area contributed by atoms with Crippen LogP contribution in [0.1, 0.15) is 0 Å². The summed E-state index contributed by atoms with van der Waals surface area (Å²) in [6, 6.07) is 65.2. The summed E-state index contributed by atoms with van der Waals surface area (Å²) in [6.45, 7) is 0. The third-order valence-corrected chi connectivity index (χ3v) is 11.6. The van der Waals surface area contributed by atoms with Gasteiger partial charge in [0.15, 0.2) is 5.82 Å². The van der Waals surface area contributed by atoms with Crippen LogP contribution in [-0.4, -0.2) is 15.0 Å². The molecular weight excluding hydrogens is 735 g/mol. The standard InChI is InChI=1S/C55H33N3O2/c1-2-12-36(13-3-1)55-57-49(35-26-24-34(25-27-35)48-33-56-32-37-14-4-5-15-41(37)48)31-50(58-55)40-29-38(42-18-10-20-46-44-16-6-8-22-51(44)59-53(42)46)28-39(30-40)43-19-11-21-47-45-17-7-9-23-52(45)60-54(43)47/h1-33H. The molecule has 0 saturated heterocycles. The number of hydrogen-bond donors (Lipinski definition) is 0. The highest BCUT2D eigenvalue weighted by atomic mass is 16.3. The van der Waals surface area contributed by atoms with Gasteiger partial charge in [-0.25, -0.2) is 9.97 Å². The minimum absolute atomic E-state index is 0.649. The SMILES string of the molecule is c1ccc(-c2nc(-c3ccc(-c4cncc5ccccc45)cc3)cc(-c3cc(-c4cccc5c4oc4ccccc45)cc(-c4cccc5c4oc4ccccc45)c3)n2)cc1. The Bertz CT molecular complexity index is 3470. The Labute approximate surface area is 344 Å². The predicted octanol–water partition coefficient (Wildman–Crippen LogP) is 14.8. The Morgan fingerprint density at radius 2 is 0.833 bits per heavy atom. The van der Waals surface area contributed by atoms with Crippen molar-refractivity contribution in [2.75, 3.05) is 0 Å². The van der Waals surface area contributed by atoms with E-state index in [1.165, 1.54) is 5.39 Å². The Morgan fingerprint density at radius 3 is 1.48 bits per heavy atom. The van der Waals surface area contributed by atoms with Crippen molar-refractivity contribution in [2.45, 2.75) is 0 Å². The van der Waals surface area contributed by atoms with Crippen molar-refractivity contribution < 1.29 is 8.83 Å². The van der Waals surface area contributed by atoms with E-state index in [4.69, 9.17) is 18.8 Å². The molecule has 0 N–H and O–H groups in total. The number of pyridine rings is 1. The molecule has 0 unspecified atom stereocenters. The van der Waals surface area contributed by atoms with Crippen LogP contribution in [0.3, 0.4) is 0 Å². The normalized spacial score (nSPS) is 11.7. The van der Waals surface area contributed by atoms with Crippen molar-refractivity contribution >= 4 is 54.6 Å². The van der Waals surface area contributed by atoms with Gasteiger partial charge in [-0.2, -0.15) is 0 Å². The van der Waals surface area contributed by atoms with E-state index in [1.807, 2.05) is 60.9 Å². The van der Waals surface area contributed by atoms with Crippen molar-refractivity contribution in [3.8, 4) is 67.3 Å². The molecule has 0 spiro atoms. The van der Waals surface area contributed by atoms with Crippen molar-refractivity contribution in [2.24, 2.45) is 0 Å². The van der Waals surface area contributed by atoms with Crippen LogP contribution in [0.25, 0.3) is 122 Å². The number of benzene rings is 8. The van der Waals surface area contributed by atoms with Gasteiger partial charge in [-0.1, -0.05) is 152 Å². The number of rotatable bonds is 6. The molecule has 0 aliphatic carbocycles. The van der Waals surface area contributed by atoms with E-state index >= 15 is 0 Å². The van der Waals surface area contributed by atoms with Crippen LogP contribution >= 0.6 is 0 Å². The molecule has 0 bridgehead atoms. The van der Waals surface area contributed by atoms with Gasteiger partial charge in [0.25, 0.3) is 0 Å². The first kappa shape index (κ1) is 33.9. The zero-order valence-corrected chi connectivity index (χ0v) is 32.2. The van der Waals surface area contributed by atoms with Crippen LogP contribution in [-0.2, 0) is 0 Å². The number of furan rings is 2. The summed E-state index contributed by atoms with van der Waals surface area (Å²) in [5, 5.41) is 6.62. The molecule has 0 saturated carbocycles. The molecule has 4 aromatic heterocycles. The molecule has 0 atom stereocenters. The van der Waals surface area contributed by atoms with Crippen LogP contribution in [0, 0.1) is 0 Å². The predicted molar refractivity (Wildman–Crippen MR) is 245 cm³/mol. The fraction of sp³-hybridized carbons (Fsp3) is 0. The monoisotopic (exact) mass is 767 g/mol. The lowest BCUT2D eigenvalue weighted by Gasteiger charge is -2.14. The highest BCUT2D eigenvalue weighted by molar-refractivity contribution is 6.12. The van der Waals surface area contributed by atoms with Gasteiger partial charge in [0.1, 0.15) is 22.3 Å². The van der Waals surface area contributed by atoms with Crippen LogP contribution in [0.4, 0.5) is 0 Å². The van der Waals surface area contributed by atoms with Gasteiger partial charge >= 0.3 is 0 Å². The van der Waals surface area contributed by atoms with Gasteiger partial charge in [0.05, 0.1) is 11.4 Å². The molecular formula is C55H33N3O2. The fourth-order valence-electron chi connectivity index (χ4n) is 8.66. The first-order chi connectivity index (χ1) is 29.7. The maximum absolute atomic E-state index is 6.61. The second kappa shape index (κ2) is 13.8. The molecule has 0 aliphatic rings. The average Bonchev–Trinajstić information content (AvgIpc) is 3.90. The van der Waals surface area contributed by atoms with E-state index in [0.29, 0.717) is 5.82 Å². The number of hydrogen-bond acceptors (Lipinski definition) is 5. The Hall–Kier alpha value is -8.15. The summed E-state index contributed by atoms with van der Waals surface area (Å²) in [6.07, 6.45) is 3.85. The molecule has 4 heterocycles. The summed E-state index contributed by atoms with van der Waals surface area (Å²) in [4.78, 5) is 15.0. The molecule has 0 aliphatic heterocycles. The lowest BCUT2D eigenvalue weighted by molar-refractivity contribution is 0.670. The van der Waals surface area contributed by atoms with E-state index in [1.54, 1.807) is 0 Å². The molecule has 280 valence electrons. The molecule has 0 fully saturated rings. The number of nitrogens with zero attached hydrogens (tertiary/aromatic N) is 3. The number of fused-ring (bicyclic) bond motifs is 7. The van der Waals surface area contributed by atoms with Gasteiger partial charge in [-0.15, -0.1) is 0 Å². The highest BCUT2D eigenvalue weighted by Crippen LogP contribution is 2.42. The molecule has 8 aromatic carbocycles. The average molecular weight is 768 g/mol. The Balaban J connectivity index is 1.07. The van der Waals surface area contributed by atoms with Crippen LogP contribution < -0.4 is 0 Å². The van der Waals surface area contributed by atoms with Crippen molar-refractivity contribution in [1.29, 1.82) is 0 Å². The van der Waals surface area contributed by atoms with Gasteiger partial charge in [0, 0.05) is 72.7 Å². The van der Waals surface area contributed by atoms with Gasteiger partial charge < -0.3 is 8.83 Å². The zero-order chi connectivity index (χ0) is 39.6. The van der Waals surface area contributed by atoms with Gasteiger partial charge in [-0.3, -0.25) is 4.98 Å². The lowest BCUT2D eigenvalue weighted by atomic mass is 9.93. The van der Waals surface area contributed by atoms with Crippen molar-refractivity contribution in [3.63, 3.8) is 0 Å². The van der Waals surface area contributed by atoms with E-state index in [0.717, 1.165) is 111 Å². The smallest absolute Gasteiger partial charge is 0.160 e. The summed E-state index contributed by atoms with van der Waals surface area (Å²) in [5.41, 5.74) is 14.1. The number of aromatic nitrogens is 3. The molecule has 12 rings (SSSR count). The van der Waals surface area contributed by atoms with E-state index in [-0.39, 0.29) is 0 Å². The molecule has 5 nitrogen and oxygen atoms in total. The molecule has 0 amide bonds. The summed E-state index contributed by atoms with van der Waals surface area (Å²) < 4.78 is 13.2. The maximum Gasteiger partial charge on any atom is 0.160 e. The Kier molecular flexibility index (Phi) is 7.78. The van der Waals surface area contributed by atoms with Crippen molar-refractivity contribution in [1.82, 2.24) is 15.0 Å². The van der Waals surface area contributed by atoms with E-state index < -0.39 is 0 Å². The zero-order valence-electron chi connectivity index (χ0n) is 32.2. The largest absolute Gasteiger partial charge is 0.455 e. The minimum atomic E-state index is 0.649. The topological polar surface area (TPSA) is 65.0 Å². The molecule has 5 heteroatoms. The van der Waals surface area contributed by atoms with Gasteiger partial charge in [-0.05, 0) is 58.5 Å². The summed E-state index contributed by atoms with van der Waals surface area (Å²) in [7, 11) is 0. The molecule has 60 heavy (non-hydrogen) atoms. The molecule has 12 aromatic rings. The van der Waals surface area contributed by atoms with Gasteiger partial charge in [0.2, 0.25) is 0 Å². The van der Waals surface area contributed by atoms with Crippen LogP contribution in [0.2, 0.25) is 0 Å². The van der Waals surface area contributed by atoms with Crippen LogP contribution in [0.15, 0.2) is 209 Å². The second-order valence-corrected chi connectivity index (χ2v) is 15.2. The fourth-order valence-corrected chi connectivity index (χ4v) is 8.66. The number of para-hydroxylation sites is 4. The summed E-state index contributed by atoms with van der Waals surface area (Å²) >= 11 is 0. The third kappa shape index (κ3) is 5.67. The summed E-state index contributed by atoms with van der Waals surface area (Å²) in [5.74, 6) is 0.649. The van der Waals surface area contributed by atoms with E-state index in [9.17, 15) is 0 Å². The van der Waals surface area contributed by atoms with Crippen LogP contribution in [0.5, 0.6) is 0 Å². The highest BCUT2D eigenvalue weighted by Gasteiger charge is 2.19. The minimum Gasteiger partial charge on any atom is -0.455 e. The first-order valence-electron chi connectivity index (χ1n) is 20.1. The van der Waals surface area contributed by atoms with Crippen molar-refractivity contribution in [3.05, 3.63) is 200 Å². The Morgan fingerprint density at radius 1 is 0.317 bits per heavy atom. The quantitative estimate of drug-likeness (QED) is 0.169. The first-order valence-corrected chi connectivity index (χ1v) is 20.1. The lowest BCUT2D eigenvalue weighted by Crippen LogP contribution is -1.97.